The first-order chi connectivity index (χ1) is 14.7. The monoisotopic (exact) mass is 399 g/mol. The molecule has 4 heterocycles. The van der Waals surface area contributed by atoms with Crippen LogP contribution < -0.4 is 10.6 Å². The molecule has 150 valence electrons. The number of hydrogen-bond donors (Lipinski definition) is 2. The molecule has 0 unspecified atom stereocenters. The van der Waals surface area contributed by atoms with Crippen molar-refractivity contribution in [3.8, 4) is 11.1 Å². The Hall–Kier alpha value is -3.81. The van der Waals surface area contributed by atoms with Crippen molar-refractivity contribution >= 4 is 28.7 Å². The maximum atomic E-state index is 12.0. The van der Waals surface area contributed by atoms with Gasteiger partial charge in [0, 0.05) is 36.5 Å². The minimum Gasteiger partial charge on any atom is -0.325 e. The van der Waals surface area contributed by atoms with E-state index in [1.54, 1.807) is 23.1 Å². The average molecular weight is 399 g/mol. The Morgan fingerprint density at radius 1 is 1.07 bits per heavy atom. The van der Waals surface area contributed by atoms with E-state index < -0.39 is 0 Å². The predicted octanol–water partition coefficient (Wildman–Crippen LogP) is 4.16. The predicted molar refractivity (Wildman–Crippen MR) is 115 cm³/mol. The molecular formula is C22H21N7O. The number of anilines is 3. The molecule has 4 aromatic rings. The summed E-state index contributed by atoms with van der Waals surface area (Å²) in [6, 6.07) is 9.56. The van der Waals surface area contributed by atoms with Crippen LogP contribution in [0.4, 0.5) is 17.3 Å². The van der Waals surface area contributed by atoms with Crippen molar-refractivity contribution in [3.05, 3.63) is 60.9 Å². The van der Waals surface area contributed by atoms with Crippen LogP contribution in [0.1, 0.15) is 37.9 Å². The highest BCUT2D eigenvalue weighted by atomic mass is 16.1. The van der Waals surface area contributed by atoms with Crippen LogP contribution in [0.2, 0.25) is 0 Å². The summed E-state index contributed by atoms with van der Waals surface area (Å²) in [5.41, 5.74) is 3.45. The normalized spacial score (nSPS) is 13.4. The molecule has 0 atom stereocenters. The van der Waals surface area contributed by atoms with Crippen molar-refractivity contribution < 1.29 is 4.79 Å². The van der Waals surface area contributed by atoms with Crippen LogP contribution in [0, 0.1) is 0 Å². The molecule has 8 nitrogen and oxygen atoms in total. The minimum atomic E-state index is -0.0393. The molecule has 1 aliphatic carbocycles. The molecule has 0 spiro atoms. The summed E-state index contributed by atoms with van der Waals surface area (Å²) < 4.78 is 1.76. The van der Waals surface area contributed by atoms with Crippen LogP contribution >= 0.6 is 0 Å². The van der Waals surface area contributed by atoms with Crippen LogP contribution in [-0.2, 0) is 4.79 Å². The summed E-state index contributed by atoms with van der Waals surface area (Å²) in [6.07, 6.45) is 9.90. The second kappa shape index (κ2) is 7.55. The van der Waals surface area contributed by atoms with E-state index in [9.17, 15) is 4.79 Å². The summed E-state index contributed by atoms with van der Waals surface area (Å²) >= 11 is 0. The van der Waals surface area contributed by atoms with Crippen LogP contribution in [0.3, 0.4) is 0 Å². The molecular weight excluding hydrogens is 378 g/mol. The van der Waals surface area contributed by atoms with Gasteiger partial charge in [-0.2, -0.15) is 5.10 Å². The number of carbonyl (C=O) groups excluding carboxylic acids is 1. The van der Waals surface area contributed by atoms with E-state index in [0.29, 0.717) is 18.2 Å². The number of rotatable bonds is 6. The third-order valence-corrected chi connectivity index (χ3v) is 5.07. The number of nitrogens with one attached hydrogen (secondary N) is 2. The fourth-order valence-electron chi connectivity index (χ4n) is 3.32. The van der Waals surface area contributed by atoms with Gasteiger partial charge in [-0.05, 0) is 48.7 Å². The highest BCUT2D eigenvalue weighted by Crippen LogP contribution is 2.38. The van der Waals surface area contributed by atoms with E-state index in [1.165, 1.54) is 0 Å². The van der Waals surface area contributed by atoms with Gasteiger partial charge in [-0.15, -0.1) is 0 Å². The maximum Gasteiger partial charge on any atom is 0.224 e. The van der Waals surface area contributed by atoms with E-state index in [-0.39, 0.29) is 5.91 Å². The number of carbonyl (C=O) groups is 1. The first-order valence-corrected chi connectivity index (χ1v) is 10.0. The Morgan fingerprint density at radius 2 is 1.93 bits per heavy atom. The van der Waals surface area contributed by atoms with Gasteiger partial charge in [-0.25, -0.2) is 19.5 Å². The number of amides is 1. The summed E-state index contributed by atoms with van der Waals surface area (Å²) in [4.78, 5) is 25.3. The van der Waals surface area contributed by atoms with Crippen molar-refractivity contribution in [3.63, 3.8) is 0 Å². The molecule has 8 heteroatoms. The van der Waals surface area contributed by atoms with E-state index in [4.69, 9.17) is 0 Å². The number of hydrogen-bond acceptors (Lipinski definition) is 6. The topological polar surface area (TPSA) is 97.1 Å². The van der Waals surface area contributed by atoms with Crippen molar-refractivity contribution in [2.45, 2.75) is 32.1 Å². The quantitative estimate of drug-likeness (QED) is 0.505. The van der Waals surface area contributed by atoms with Crippen LogP contribution in [-0.4, -0.2) is 30.5 Å². The molecule has 0 aromatic carbocycles. The highest BCUT2D eigenvalue weighted by molar-refractivity contribution is 5.96. The number of aromatic nitrogens is 5. The Bertz CT molecular complexity index is 1230. The molecule has 30 heavy (non-hydrogen) atoms. The first kappa shape index (κ1) is 18.2. The zero-order valence-electron chi connectivity index (χ0n) is 16.5. The van der Waals surface area contributed by atoms with Crippen molar-refractivity contribution in [1.82, 2.24) is 24.6 Å². The number of fused-ring (bicyclic) bond motifs is 1. The Balaban J connectivity index is 1.47. The molecule has 1 saturated carbocycles. The lowest BCUT2D eigenvalue weighted by Gasteiger charge is -2.11. The zero-order valence-corrected chi connectivity index (χ0v) is 16.5. The SMILES string of the molecule is CCC(=O)Nc1cc(-c2ccnc(Nc3ccnc(C4CC4)n3)c2)cn2nccc12. The van der Waals surface area contributed by atoms with Gasteiger partial charge >= 0.3 is 0 Å². The van der Waals surface area contributed by atoms with Gasteiger partial charge in [0.15, 0.2) is 0 Å². The smallest absolute Gasteiger partial charge is 0.224 e. The van der Waals surface area contributed by atoms with Gasteiger partial charge < -0.3 is 10.6 Å². The standard InChI is InChI=1S/C22H21N7O/c1-2-21(30)26-17-11-16(13-29-18(17)6-10-25-29)15-5-8-23-20(12-15)27-19-7-9-24-22(28-19)14-3-4-14/h5-14H,2-4H2,1H3,(H,26,30)(H,23,24,27,28). The lowest BCUT2D eigenvalue weighted by atomic mass is 10.1. The zero-order chi connectivity index (χ0) is 20.5. The second-order valence-electron chi connectivity index (χ2n) is 7.33. The summed E-state index contributed by atoms with van der Waals surface area (Å²) in [6.45, 7) is 1.83. The fourth-order valence-corrected chi connectivity index (χ4v) is 3.32. The van der Waals surface area contributed by atoms with E-state index in [2.05, 4.69) is 30.7 Å². The van der Waals surface area contributed by atoms with Gasteiger partial charge in [-0.3, -0.25) is 4.79 Å². The molecule has 0 aliphatic heterocycles. The molecule has 5 rings (SSSR count). The van der Waals surface area contributed by atoms with Crippen LogP contribution in [0.25, 0.3) is 16.6 Å². The minimum absolute atomic E-state index is 0.0393. The third-order valence-electron chi connectivity index (χ3n) is 5.07. The summed E-state index contributed by atoms with van der Waals surface area (Å²) in [7, 11) is 0. The molecule has 1 fully saturated rings. The van der Waals surface area contributed by atoms with Crippen LogP contribution in [0.15, 0.2) is 55.1 Å². The Morgan fingerprint density at radius 3 is 2.77 bits per heavy atom. The fraction of sp³-hybridized carbons (Fsp3) is 0.227. The van der Waals surface area contributed by atoms with Crippen molar-refractivity contribution in [1.29, 1.82) is 0 Å². The van der Waals surface area contributed by atoms with Gasteiger partial charge in [0.05, 0.1) is 17.4 Å². The highest BCUT2D eigenvalue weighted by Gasteiger charge is 2.26. The summed E-state index contributed by atoms with van der Waals surface area (Å²) in [5, 5.41) is 10.6. The third kappa shape index (κ3) is 3.71. The lowest BCUT2D eigenvalue weighted by molar-refractivity contribution is -0.115. The van der Waals surface area contributed by atoms with Gasteiger partial charge in [0.25, 0.3) is 0 Å². The Kier molecular flexibility index (Phi) is 4.59. The van der Waals surface area contributed by atoms with Gasteiger partial charge in [0.2, 0.25) is 5.91 Å². The summed E-state index contributed by atoms with van der Waals surface area (Å²) in [5.74, 6) is 2.75. The molecule has 1 aliphatic rings. The van der Waals surface area contributed by atoms with Crippen LogP contribution in [0.5, 0.6) is 0 Å². The maximum absolute atomic E-state index is 12.0. The van der Waals surface area contributed by atoms with E-state index in [0.717, 1.165) is 46.8 Å². The van der Waals surface area contributed by atoms with Gasteiger partial charge in [0.1, 0.15) is 17.5 Å². The lowest BCUT2D eigenvalue weighted by Crippen LogP contribution is -2.10. The van der Waals surface area contributed by atoms with E-state index in [1.807, 2.05) is 43.5 Å². The van der Waals surface area contributed by atoms with E-state index >= 15 is 0 Å². The molecule has 4 aromatic heterocycles. The number of pyridine rings is 2. The largest absolute Gasteiger partial charge is 0.325 e. The Labute approximate surface area is 173 Å². The molecule has 2 N–H and O–H groups in total. The second-order valence-corrected chi connectivity index (χ2v) is 7.33. The first-order valence-electron chi connectivity index (χ1n) is 10.0. The van der Waals surface area contributed by atoms with Gasteiger partial charge in [-0.1, -0.05) is 6.92 Å². The number of nitrogens with zero attached hydrogens (tertiary/aromatic N) is 5. The molecule has 1 amide bonds. The van der Waals surface area contributed by atoms with Crippen molar-refractivity contribution in [2.75, 3.05) is 10.6 Å². The molecule has 0 saturated heterocycles. The average Bonchev–Trinajstić information content (AvgIpc) is 3.51. The van der Waals surface area contributed by atoms with Crippen molar-refractivity contribution in [2.24, 2.45) is 0 Å². The molecule has 0 bridgehead atoms. The molecule has 0 radical (unpaired) electrons.